The van der Waals surface area contributed by atoms with Gasteiger partial charge in [0.2, 0.25) is 0 Å². The number of nitrogens with zero attached hydrogens (tertiary/aromatic N) is 2. The van der Waals surface area contributed by atoms with Gasteiger partial charge in [0.25, 0.3) is 0 Å². The first-order valence-electron chi connectivity index (χ1n) is 8.34. The molecule has 0 aromatic heterocycles. The lowest BCUT2D eigenvalue weighted by Crippen LogP contribution is -2.42. The maximum absolute atomic E-state index is 5.71. The van der Waals surface area contributed by atoms with Crippen LogP contribution in [-0.4, -0.2) is 50.3 Å². The Morgan fingerprint density at radius 2 is 2.10 bits per heavy atom. The van der Waals surface area contributed by atoms with E-state index in [1.165, 1.54) is 32.1 Å². The van der Waals surface area contributed by atoms with E-state index in [9.17, 15) is 0 Å². The lowest BCUT2D eigenvalue weighted by Gasteiger charge is -2.22. The maximum atomic E-state index is 5.71. The van der Waals surface area contributed by atoms with Crippen LogP contribution in [0.2, 0.25) is 0 Å². The van der Waals surface area contributed by atoms with Crippen LogP contribution in [0.5, 0.6) is 0 Å². The van der Waals surface area contributed by atoms with Crippen molar-refractivity contribution in [3.05, 3.63) is 0 Å². The molecule has 0 amide bonds. The highest BCUT2D eigenvalue weighted by molar-refractivity contribution is 14.0. The van der Waals surface area contributed by atoms with Gasteiger partial charge in [-0.25, -0.2) is 0 Å². The summed E-state index contributed by atoms with van der Waals surface area (Å²) in [5.74, 6) is 2.76. The Morgan fingerprint density at radius 1 is 1.33 bits per heavy atom. The highest BCUT2D eigenvalue weighted by atomic mass is 127. The second kappa shape index (κ2) is 9.87. The number of likely N-dealkylation sites (N-methyl/N-ethyl adjacent to an activating group) is 1. The van der Waals surface area contributed by atoms with Gasteiger partial charge in [-0.2, -0.15) is 0 Å². The van der Waals surface area contributed by atoms with Crippen LogP contribution in [0.25, 0.3) is 0 Å². The zero-order valence-corrected chi connectivity index (χ0v) is 16.1. The van der Waals surface area contributed by atoms with Crippen molar-refractivity contribution < 1.29 is 4.74 Å². The molecule has 1 N–H and O–H groups in total. The molecule has 2 unspecified atom stereocenters. The average molecular weight is 409 g/mol. The number of rotatable bonds is 9. The SMILES string of the molecule is CCCC1CC1NC(=NCC)N(C)CCOCC1CC1.I. The summed E-state index contributed by atoms with van der Waals surface area (Å²) in [6.07, 6.45) is 6.66. The van der Waals surface area contributed by atoms with E-state index in [0.29, 0.717) is 6.04 Å². The molecule has 0 saturated heterocycles. The summed E-state index contributed by atoms with van der Waals surface area (Å²) in [6, 6.07) is 0.648. The van der Waals surface area contributed by atoms with Gasteiger partial charge in [-0.3, -0.25) is 4.99 Å². The summed E-state index contributed by atoms with van der Waals surface area (Å²) in [5, 5.41) is 3.61. The molecule has 2 saturated carbocycles. The molecule has 0 aromatic rings. The van der Waals surface area contributed by atoms with Crippen molar-refractivity contribution >= 4 is 29.9 Å². The third-order valence-electron chi connectivity index (χ3n) is 4.19. The lowest BCUT2D eigenvalue weighted by molar-refractivity contribution is 0.115. The molecule has 124 valence electrons. The van der Waals surface area contributed by atoms with E-state index < -0.39 is 0 Å². The minimum Gasteiger partial charge on any atom is -0.379 e. The van der Waals surface area contributed by atoms with Gasteiger partial charge in [0.05, 0.1) is 6.61 Å². The summed E-state index contributed by atoms with van der Waals surface area (Å²) in [4.78, 5) is 6.81. The minimum absolute atomic E-state index is 0. The minimum atomic E-state index is 0. The fourth-order valence-electron chi connectivity index (χ4n) is 2.55. The molecule has 2 atom stereocenters. The third kappa shape index (κ3) is 7.17. The Bertz CT molecular complexity index is 321. The molecule has 0 heterocycles. The van der Waals surface area contributed by atoms with Crippen LogP contribution in [-0.2, 0) is 4.74 Å². The highest BCUT2D eigenvalue weighted by Crippen LogP contribution is 2.34. The van der Waals surface area contributed by atoms with Crippen molar-refractivity contribution in [2.24, 2.45) is 16.8 Å². The van der Waals surface area contributed by atoms with Crippen LogP contribution in [0.1, 0.15) is 46.0 Å². The van der Waals surface area contributed by atoms with E-state index in [0.717, 1.165) is 44.1 Å². The van der Waals surface area contributed by atoms with Gasteiger partial charge in [0, 0.05) is 32.8 Å². The Kier molecular flexibility index (Phi) is 8.94. The molecule has 0 aromatic carbocycles. The van der Waals surface area contributed by atoms with E-state index >= 15 is 0 Å². The van der Waals surface area contributed by atoms with E-state index in [-0.39, 0.29) is 24.0 Å². The molecule has 2 fully saturated rings. The molecule has 21 heavy (non-hydrogen) atoms. The molecule has 2 rings (SSSR count). The van der Waals surface area contributed by atoms with Crippen molar-refractivity contribution in [3.8, 4) is 0 Å². The number of halogens is 1. The average Bonchev–Trinajstić information content (AvgIpc) is 3.32. The predicted molar refractivity (Wildman–Crippen MR) is 99.5 cm³/mol. The number of aliphatic imine (C=N–C) groups is 1. The molecule has 0 aliphatic heterocycles. The topological polar surface area (TPSA) is 36.9 Å². The normalized spacial score (nSPS) is 24.4. The zero-order valence-electron chi connectivity index (χ0n) is 13.8. The van der Waals surface area contributed by atoms with Gasteiger partial charge in [-0.15, -0.1) is 24.0 Å². The molecule has 0 bridgehead atoms. The van der Waals surface area contributed by atoms with Crippen molar-refractivity contribution in [2.45, 2.75) is 52.0 Å². The highest BCUT2D eigenvalue weighted by Gasteiger charge is 2.37. The van der Waals surface area contributed by atoms with E-state index in [1.807, 2.05) is 0 Å². The third-order valence-corrected chi connectivity index (χ3v) is 4.19. The number of hydrogen-bond acceptors (Lipinski definition) is 2. The molecule has 0 radical (unpaired) electrons. The van der Waals surface area contributed by atoms with Gasteiger partial charge >= 0.3 is 0 Å². The summed E-state index contributed by atoms with van der Waals surface area (Å²) in [6.45, 7) is 7.86. The van der Waals surface area contributed by atoms with Crippen LogP contribution in [0.3, 0.4) is 0 Å². The van der Waals surface area contributed by atoms with Crippen molar-refractivity contribution in [3.63, 3.8) is 0 Å². The summed E-state index contributed by atoms with van der Waals surface area (Å²) in [7, 11) is 2.11. The van der Waals surface area contributed by atoms with Crippen molar-refractivity contribution in [2.75, 3.05) is 33.4 Å². The van der Waals surface area contributed by atoms with Gasteiger partial charge < -0.3 is 15.0 Å². The molecular formula is C16H32IN3O. The smallest absolute Gasteiger partial charge is 0.193 e. The number of guanidine groups is 1. The van der Waals surface area contributed by atoms with E-state index in [2.05, 4.69) is 36.1 Å². The Hall–Kier alpha value is -0.0400. The molecule has 4 nitrogen and oxygen atoms in total. The first kappa shape index (κ1) is 19.0. The molecule has 5 heteroatoms. The summed E-state index contributed by atoms with van der Waals surface area (Å²) >= 11 is 0. The lowest BCUT2D eigenvalue weighted by atomic mass is 10.2. The zero-order chi connectivity index (χ0) is 14.4. The van der Waals surface area contributed by atoms with Crippen LogP contribution in [0.4, 0.5) is 0 Å². The van der Waals surface area contributed by atoms with Gasteiger partial charge in [-0.05, 0) is 44.4 Å². The largest absolute Gasteiger partial charge is 0.379 e. The first-order chi connectivity index (χ1) is 9.74. The van der Waals surface area contributed by atoms with Crippen molar-refractivity contribution in [1.82, 2.24) is 10.2 Å². The van der Waals surface area contributed by atoms with Gasteiger partial charge in [0.1, 0.15) is 0 Å². The van der Waals surface area contributed by atoms with Crippen molar-refractivity contribution in [1.29, 1.82) is 0 Å². The summed E-state index contributed by atoms with van der Waals surface area (Å²) in [5.41, 5.74) is 0. The van der Waals surface area contributed by atoms with Crippen LogP contribution in [0, 0.1) is 11.8 Å². The van der Waals surface area contributed by atoms with Crippen LogP contribution >= 0.6 is 24.0 Å². The second-order valence-corrected chi connectivity index (χ2v) is 6.27. The Morgan fingerprint density at radius 3 is 2.71 bits per heavy atom. The van der Waals surface area contributed by atoms with Crippen LogP contribution in [0.15, 0.2) is 4.99 Å². The molecular weight excluding hydrogens is 377 g/mol. The first-order valence-corrected chi connectivity index (χ1v) is 8.34. The number of hydrogen-bond donors (Lipinski definition) is 1. The quantitative estimate of drug-likeness (QED) is 0.275. The summed E-state index contributed by atoms with van der Waals surface area (Å²) < 4.78 is 5.71. The van der Waals surface area contributed by atoms with E-state index in [1.54, 1.807) is 0 Å². The van der Waals surface area contributed by atoms with Gasteiger partial charge in [-0.1, -0.05) is 13.3 Å². The fraction of sp³-hybridized carbons (Fsp3) is 0.938. The molecule has 0 spiro atoms. The Balaban J connectivity index is 0.00000220. The molecule has 2 aliphatic rings. The fourth-order valence-corrected chi connectivity index (χ4v) is 2.55. The molecule has 2 aliphatic carbocycles. The van der Waals surface area contributed by atoms with Crippen LogP contribution < -0.4 is 5.32 Å². The van der Waals surface area contributed by atoms with Gasteiger partial charge in [0.15, 0.2) is 5.96 Å². The number of nitrogens with one attached hydrogen (secondary N) is 1. The monoisotopic (exact) mass is 409 g/mol. The second-order valence-electron chi connectivity index (χ2n) is 6.27. The van der Waals surface area contributed by atoms with E-state index in [4.69, 9.17) is 4.74 Å². The number of ether oxygens (including phenoxy) is 1. The predicted octanol–water partition coefficient (Wildman–Crippen LogP) is 3.12. The standard InChI is InChI=1S/C16H31N3O.HI/c1-4-6-14-11-15(14)18-16(17-5-2)19(3)9-10-20-12-13-7-8-13;/h13-15H,4-12H2,1-3H3,(H,17,18);1H. The Labute approximate surface area is 147 Å². The maximum Gasteiger partial charge on any atom is 0.193 e.